The summed E-state index contributed by atoms with van der Waals surface area (Å²) in [5.41, 5.74) is 9.12. The van der Waals surface area contributed by atoms with Gasteiger partial charge in [-0.25, -0.2) is 0 Å². The zero-order valence-electron chi connectivity index (χ0n) is 22.1. The summed E-state index contributed by atoms with van der Waals surface area (Å²) in [6, 6.07) is 48.4. The molecule has 1 aromatic heterocycles. The lowest BCUT2D eigenvalue weighted by molar-refractivity contribution is 0.164. The van der Waals surface area contributed by atoms with Gasteiger partial charge in [0.1, 0.15) is 0 Å². The molecule has 0 radical (unpaired) electrons. The lowest BCUT2D eigenvalue weighted by Gasteiger charge is -2.28. The van der Waals surface area contributed by atoms with E-state index in [1.807, 2.05) is 36.4 Å². The van der Waals surface area contributed by atoms with E-state index in [4.69, 9.17) is 0 Å². The van der Waals surface area contributed by atoms with Crippen molar-refractivity contribution < 1.29 is 5.11 Å². The Labute approximate surface area is 230 Å². The first-order chi connectivity index (χ1) is 19.2. The van der Waals surface area contributed by atoms with Crippen molar-refractivity contribution in [3.63, 3.8) is 0 Å². The fourth-order valence-electron chi connectivity index (χ4n) is 5.51. The van der Waals surface area contributed by atoms with Gasteiger partial charge in [-0.05, 0) is 54.4 Å². The zero-order valence-corrected chi connectivity index (χ0v) is 22.1. The fourth-order valence-corrected chi connectivity index (χ4v) is 5.51. The number of aromatic nitrogens is 1. The quantitative estimate of drug-likeness (QED) is 0.223. The van der Waals surface area contributed by atoms with Crippen LogP contribution in [0.1, 0.15) is 5.56 Å². The van der Waals surface area contributed by atoms with Crippen molar-refractivity contribution in [2.45, 2.75) is 19.6 Å². The summed E-state index contributed by atoms with van der Waals surface area (Å²) < 4.78 is 2.31. The molecule has 1 N–H and O–H groups in total. The molecule has 0 aliphatic rings. The molecule has 192 valence electrons. The van der Waals surface area contributed by atoms with Gasteiger partial charge in [0.25, 0.3) is 0 Å². The van der Waals surface area contributed by atoms with Gasteiger partial charge in [-0.1, -0.05) is 109 Å². The van der Waals surface area contributed by atoms with E-state index in [0.29, 0.717) is 13.1 Å². The molecule has 6 rings (SSSR count). The van der Waals surface area contributed by atoms with E-state index in [0.717, 1.165) is 28.1 Å². The smallest absolute Gasteiger partial charge is 0.0898 e. The molecule has 1 atom stereocenters. The van der Waals surface area contributed by atoms with Crippen molar-refractivity contribution in [3.8, 4) is 22.4 Å². The van der Waals surface area contributed by atoms with Crippen LogP contribution in [0.4, 0.5) is 11.4 Å². The van der Waals surface area contributed by atoms with Crippen LogP contribution >= 0.6 is 0 Å². The van der Waals surface area contributed by atoms with Crippen LogP contribution in [0.25, 0.3) is 33.3 Å². The Hall–Kier alpha value is -4.60. The Bertz CT molecular complexity index is 1620. The van der Waals surface area contributed by atoms with Gasteiger partial charge in [0.15, 0.2) is 0 Å². The molecule has 3 nitrogen and oxygen atoms in total. The molecule has 0 bridgehead atoms. The largest absolute Gasteiger partial charge is 0.389 e. The van der Waals surface area contributed by atoms with Crippen molar-refractivity contribution >= 4 is 22.3 Å². The Morgan fingerprint density at radius 1 is 0.641 bits per heavy atom. The van der Waals surface area contributed by atoms with Crippen molar-refractivity contribution in [1.82, 2.24) is 4.57 Å². The molecule has 6 aromatic rings. The van der Waals surface area contributed by atoms with Gasteiger partial charge in [-0.3, -0.25) is 0 Å². The standard InChI is InChI=1S/C36H32N2O/c1-27-22-23-34-33(24-27)35(28-14-6-2-7-15-28)36(29-16-8-3-9-17-29)38(34)26-32(39)25-37(30-18-10-4-11-19-30)31-20-12-5-13-21-31/h2-24,32,39H,25-26H2,1H3. The number of fused-ring (bicyclic) bond motifs is 1. The Balaban J connectivity index is 1.47. The number of benzene rings is 5. The van der Waals surface area contributed by atoms with Crippen LogP contribution in [0.2, 0.25) is 0 Å². The summed E-state index contributed by atoms with van der Waals surface area (Å²) in [7, 11) is 0. The maximum atomic E-state index is 11.7. The van der Waals surface area contributed by atoms with Crippen molar-refractivity contribution in [2.24, 2.45) is 0 Å². The van der Waals surface area contributed by atoms with Gasteiger partial charge in [-0.2, -0.15) is 0 Å². The van der Waals surface area contributed by atoms with Gasteiger partial charge < -0.3 is 14.6 Å². The first-order valence-corrected chi connectivity index (χ1v) is 13.5. The predicted octanol–water partition coefficient (Wildman–Crippen LogP) is 8.48. The topological polar surface area (TPSA) is 28.4 Å². The molecule has 0 aliphatic carbocycles. The molecule has 39 heavy (non-hydrogen) atoms. The van der Waals surface area contributed by atoms with E-state index in [-0.39, 0.29) is 0 Å². The number of para-hydroxylation sites is 2. The van der Waals surface area contributed by atoms with Crippen LogP contribution in [-0.2, 0) is 6.54 Å². The third-order valence-corrected chi connectivity index (χ3v) is 7.25. The summed E-state index contributed by atoms with van der Waals surface area (Å²) in [5, 5.41) is 12.9. The normalized spacial score (nSPS) is 11.9. The lowest BCUT2D eigenvalue weighted by Crippen LogP contribution is -2.32. The van der Waals surface area contributed by atoms with E-state index >= 15 is 0 Å². The second kappa shape index (κ2) is 11.0. The van der Waals surface area contributed by atoms with Gasteiger partial charge >= 0.3 is 0 Å². The monoisotopic (exact) mass is 508 g/mol. The lowest BCUT2D eigenvalue weighted by atomic mass is 9.98. The van der Waals surface area contributed by atoms with Crippen LogP contribution < -0.4 is 4.90 Å². The number of hydrogen-bond donors (Lipinski definition) is 1. The van der Waals surface area contributed by atoms with Crippen LogP contribution in [-0.4, -0.2) is 22.3 Å². The molecule has 0 saturated carbocycles. The minimum atomic E-state index is -0.617. The summed E-state index contributed by atoms with van der Waals surface area (Å²) in [4.78, 5) is 2.20. The third-order valence-electron chi connectivity index (χ3n) is 7.25. The number of anilines is 2. The SMILES string of the molecule is Cc1ccc2c(c1)c(-c1ccccc1)c(-c1ccccc1)n2CC(O)CN(c1ccccc1)c1ccccc1. The minimum Gasteiger partial charge on any atom is -0.389 e. The van der Waals surface area contributed by atoms with Gasteiger partial charge in [0.2, 0.25) is 0 Å². The number of aliphatic hydroxyl groups is 1. The first kappa shape index (κ1) is 24.7. The van der Waals surface area contributed by atoms with E-state index in [9.17, 15) is 5.11 Å². The highest BCUT2D eigenvalue weighted by Crippen LogP contribution is 2.41. The average molecular weight is 509 g/mol. The number of rotatable bonds is 8. The summed E-state index contributed by atoms with van der Waals surface area (Å²) in [6.45, 7) is 3.07. The molecular weight excluding hydrogens is 476 g/mol. The molecule has 5 aromatic carbocycles. The Kier molecular flexibility index (Phi) is 6.99. The molecule has 0 aliphatic heterocycles. The number of nitrogens with zero attached hydrogens (tertiary/aromatic N) is 2. The average Bonchev–Trinajstić information content (AvgIpc) is 3.30. The molecule has 3 heteroatoms. The van der Waals surface area contributed by atoms with Crippen molar-refractivity contribution in [2.75, 3.05) is 11.4 Å². The van der Waals surface area contributed by atoms with Crippen LogP contribution in [0.5, 0.6) is 0 Å². The zero-order chi connectivity index (χ0) is 26.6. The maximum absolute atomic E-state index is 11.7. The van der Waals surface area contributed by atoms with Crippen LogP contribution in [0.3, 0.4) is 0 Å². The molecule has 1 heterocycles. The third kappa shape index (κ3) is 5.09. The van der Waals surface area contributed by atoms with E-state index in [2.05, 4.69) is 120 Å². The predicted molar refractivity (Wildman–Crippen MR) is 163 cm³/mol. The highest BCUT2D eigenvalue weighted by Gasteiger charge is 2.23. The van der Waals surface area contributed by atoms with Gasteiger partial charge in [0.05, 0.1) is 24.9 Å². The second-order valence-corrected chi connectivity index (χ2v) is 10.0. The van der Waals surface area contributed by atoms with Crippen LogP contribution in [0.15, 0.2) is 140 Å². The molecule has 0 fully saturated rings. The molecule has 0 amide bonds. The molecule has 1 unspecified atom stereocenters. The van der Waals surface area contributed by atoms with E-state index in [1.54, 1.807) is 0 Å². The Morgan fingerprint density at radius 2 is 1.15 bits per heavy atom. The highest BCUT2D eigenvalue weighted by molar-refractivity contribution is 6.04. The van der Waals surface area contributed by atoms with E-state index < -0.39 is 6.10 Å². The van der Waals surface area contributed by atoms with Crippen molar-refractivity contribution in [1.29, 1.82) is 0 Å². The fraction of sp³-hybridized carbons (Fsp3) is 0.111. The van der Waals surface area contributed by atoms with E-state index in [1.165, 1.54) is 22.1 Å². The summed E-state index contributed by atoms with van der Waals surface area (Å²) >= 11 is 0. The number of aliphatic hydroxyl groups excluding tert-OH is 1. The molecular formula is C36H32N2O. The number of hydrogen-bond acceptors (Lipinski definition) is 2. The van der Waals surface area contributed by atoms with Crippen molar-refractivity contribution in [3.05, 3.63) is 145 Å². The summed E-state index contributed by atoms with van der Waals surface area (Å²) in [5.74, 6) is 0. The first-order valence-electron chi connectivity index (χ1n) is 13.5. The molecule has 0 saturated heterocycles. The Morgan fingerprint density at radius 3 is 1.72 bits per heavy atom. The van der Waals surface area contributed by atoms with Crippen LogP contribution in [0, 0.1) is 6.92 Å². The maximum Gasteiger partial charge on any atom is 0.0898 e. The number of aryl methyl sites for hydroxylation is 1. The minimum absolute atomic E-state index is 0.465. The molecule has 0 spiro atoms. The van der Waals surface area contributed by atoms with Gasteiger partial charge in [0, 0.05) is 27.8 Å². The second-order valence-electron chi connectivity index (χ2n) is 10.0. The summed E-state index contributed by atoms with van der Waals surface area (Å²) in [6.07, 6.45) is -0.617. The highest BCUT2D eigenvalue weighted by atomic mass is 16.3. The van der Waals surface area contributed by atoms with Gasteiger partial charge in [-0.15, -0.1) is 0 Å².